The van der Waals surface area contributed by atoms with Crippen molar-refractivity contribution in [3.05, 3.63) is 35.4 Å². The van der Waals surface area contributed by atoms with Crippen LogP contribution in [0.4, 0.5) is 0 Å². The maximum Gasteiger partial charge on any atom is 0.241 e. The van der Waals surface area contributed by atoms with Crippen molar-refractivity contribution < 1.29 is 22.7 Å². The minimum absolute atomic E-state index is 0.288. The number of hydrogen-bond donors (Lipinski definition) is 2. The van der Waals surface area contributed by atoms with Crippen molar-refractivity contribution in [1.82, 2.24) is 10.6 Å². The van der Waals surface area contributed by atoms with Crippen LogP contribution in [0.1, 0.15) is 30.9 Å². The largest absolute Gasteiger partial charge is 0.379 e. The Kier molecular flexibility index (Phi) is 8.22. The van der Waals surface area contributed by atoms with Crippen LogP contribution in [0.25, 0.3) is 0 Å². The lowest BCUT2D eigenvalue weighted by atomic mass is 9.95. The molecule has 1 aliphatic heterocycles. The molecule has 1 aliphatic rings. The second-order valence-electron chi connectivity index (χ2n) is 6.77. The zero-order valence-corrected chi connectivity index (χ0v) is 16.9. The van der Waals surface area contributed by atoms with E-state index in [4.69, 9.17) is 9.47 Å². The molecule has 0 atom stereocenters. The number of amides is 1. The smallest absolute Gasteiger partial charge is 0.241 e. The van der Waals surface area contributed by atoms with Crippen LogP contribution < -0.4 is 10.6 Å². The molecule has 1 saturated heterocycles. The molecule has 152 valence electrons. The molecule has 0 saturated carbocycles. The molecule has 2 rings (SSSR count). The maximum absolute atomic E-state index is 12.7. The first-order valence-electron chi connectivity index (χ1n) is 9.31. The second-order valence-corrected chi connectivity index (χ2v) is 9.09. The average Bonchev–Trinajstić information content (AvgIpc) is 2.66. The van der Waals surface area contributed by atoms with E-state index in [0.29, 0.717) is 52.4 Å². The predicted octanol–water partition coefficient (Wildman–Crippen LogP) is 1.02. The number of sulfone groups is 1. The molecule has 0 unspecified atom stereocenters. The normalized spacial score (nSPS) is 16.8. The molecular formula is C19H30N2O5S. The van der Waals surface area contributed by atoms with Gasteiger partial charge in [0.05, 0.1) is 19.8 Å². The van der Waals surface area contributed by atoms with Gasteiger partial charge >= 0.3 is 0 Å². The molecule has 1 amide bonds. The molecule has 0 aliphatic carbocycles. The van der Waals surface area contributed by atoms with Crippen LogP contribution in [-0.4, -0.2) is 58.2 Å². The summed E-state index contributed by atoms with van der Waals surface area (Å²) in [6, 6.07) is 7.71. The van der Waals surface area contributed by atoms with Crippen molar-refractivity contribution in [2.24, 2.45) is 0 Å². The van der Waals surface area contributed by atoms with Crippen molar-refractivity contribution in [2.45, 2.75) is 37.7 Å². The third-order valence-corrected chi connectivity index (χ3v) is 6.84. The summed E-state index contributed by atoms with van der Waals surface area (Å²) < 4.78 is 34.0. The number of ether oxygens (including phenoxy) is 2. The summed E-state index contributed by atoms with van der Waals surface area (Å²) >= 11 is 0. The van der Waals surface area contributed by atoms with Gasteiger partial charge in [0, 0.05) is 19.4 Å². The van der Waals surface area contributed by atoms with E-state index in [1.54, 1.807) is 0 Å². The Morgan fingerprint density at radius 3 is 2.52 bits per heavy atom. The van der Waals surface area contributed by atoms with Gasteiger partial charge in [0.2, 0.25) is 5.91 Å². The van der Waals surface area contributed by atoms with Gasteiger partial charge in [0.1, 0.15) is 0 Å². The van der Waals surface area contributed by atoms with Crippen LogP contribution in [0.3, 0.4) is 0 Å². The number of rotatable bonds is 10. The molecule has 1 fully saturated rings. The standard InChI is InChI=1S/C19H30N2O5S/c1-3-25-11-12-26-15-17-6-4-5-16(13-17)14-21-18(22)19(27(2,23)24)7-9-20-10-8-19/h4-6,13,20H,3,7-12,14-15H2,1-2H3,(H,21,22). The number of hydrogen-bond acceptors (Lipinski definition) is 6. The van der Waals surface area contributed by atoms with E-state index in [1.165, 1.54) is 0 Å². The van der Waals surface area contributed by atoms with Crippen LogP contribution in [0.2, 0.25) is 0 Å². The molecule has 7 nitrogen and oxygen atoms in total. The molecule has 0 aromatic heterocycles. The van der Waals surface area contributed by atoms with Crippen LogP contribution in [0, 0.1) is 0 Å². The first-order chi connectivity index (χ1) is 12.9. The quantitative estimate of drug-likeness (QED) is 0.572. The van der Waals surface area contributed by atoms with E-state index in [2.05, 4.69) is 10.6 Å². The number of piperidine rings is 1. The Morgan fingerprint density at radius 1 is 1.19 bits per heavy atom. The van der Waals surface area contributed by atoms with Gasteiger partial charge in [-0.2, -0.15) is 0 Å². The molecule has 0 bridgehead atoms. The summed E-state index contributed by atoms with van der Waals surface area (Å²) in [5.74, 6) is -0.412. The SMILES string of the molecule is CCOCCOCc1cccc(CNC(=O)C2(S(C)(=O)=O)CCNCC2)c1. The van der Waals surface area contributed by atoms with Crippen LogP contribution in [-0.2, 0) is 37.3 Å². The monoisotopic (exact) mass is 398 g/mol. The van der Waals surface area contributed by atoms with E-state index in [9.17, 15) is 13.2 Å². The van der Waals surface area contributed by atoms with Gasteiger partial charge in [-0.25, -0.2) is 8.42 Å². The summed E-state index contributed by atoms with van der Waals surface area (Å²) in [6.45, 7) is 5.50. The van der Waals surface area contributed by atoms with Gasteiger partial charge in [-0.3, -0.25) is 4.79 Å². The highest BCUT2D eigenvalue weighted by Gasteiger charge is 2.48. The Balaban J connectivity index is 1.93. The molecule has 27 heavy (non-hydrogen) atoms. The van der Waals surface area contributed by atoms with Crippen molar-refractivity contribution in [3.8, 4) is 0 Å². The number of nitrogens with one attached hydrogen (secondary N) is 2. The molecule has 2 N–H and O–H groups in total. The third-order valence-electron chi connectivity index (χ3n) is 4.82. The number of carbonyl (C=O) groups excluding carboxylic acids is 1. The minimum Gasteiger partial charge on any atom is -0.379 e. The topological polar surface area (TPSA) is 93.7 Å². The van der Waals surface area contributed by atoms with Gasteiger partial charge in [-0.15, -0.1) is 0 Å². The lowest BCUT2D eigenvalue weighted by Gasteiger charge is -2.34. The van der Waals surface area contributed by atoms with Gasteiger partial charge in [0.15, 0.2) is 14.6 Å². The van der Waals surface area contributed by atoms with Gasteiger partial charge < -0.3 is 20.1 Å². The zero-order valence-electron chi connectivity index (χ0n) is 16.1. The van der Waals surface area contributed by atoms with Crippen molar-refractivity contribution >= 4 is 15.7 Å². The Bertz CT molecular complexity index is 715. The predicted molar refractivity (Wildman–Crippen MR) is 104 cm³/mol. The van der Waals surface area contributed by atoms with Gasteiger partial charge in [-0.05, 0) is 44.0 Å². The summed E-state index contributed by atoms with van der Waals surface area (Å²) in [7, 11) is -3.50. The van der Waals surface area contributed by atoms with Crippen molar-refractivity contribution in [1.29, 1.82) is 0 Å². The van der Waals surface area contributed by atoms with Gasteiger partial charge in [0.25, 0.3) is 0 Å². The van der Waals surface area contributed by atoms with Crippen molar-refractivity contribution in [2.75, 3.05) is 39.2 Å². The number of benzene rings is 1. The molecule has 8 heteroatoms. The Labute approximate surface area is 161 Å². The molecular weight excluding hydrogens is 368 g/mol. The fourth-order valence-corrected chi connectivity index (χ4v) is 4.58. The highest BCUT2D eigenvalue weighted by Crippen LogP contribution is 2.28. The van der Waals surface area contributed by atoms with E-state index in [1.807, 2.05) is 31.2 Å². The highest BCUT2D eigenvalue weighted by molar-refractivity contribution is 7.92. The lowest BCUT2D eigenvalue weighted by molar-refractivity contribution is -0.124. The maximum atomic E-state index is 12.7. The molecule has 1 heterocycles. The minimum atomic E-state index is -3.50. The van der Waals surface area contributed by atoms with E-state index in [-0.39, 0.29) is 6.54 Å². The summed E-state index contributed by atoms with van der Waals surface area (Å²) in [6.07, 6.45) is 1.74. The molecule has 1 aromatic carbocycles. The van der Waals surface area contributed by atoms with Crippen molar-refractivity contribution in [3.63, 3.8) is 0 Å². The van der Waals surface area contributed by atoms with Gasteiger partial charge in [-0.1, -0.05) is 24.3 Å². The zero-order chi connectivity index (χ0) is 19.8. The van der Waals surface area contributed by atoms with E-state index in [0.717, 1.165) is 17.4 Å². The summed E-state index contributed by atoms with van der Waals surface area (Å²) in [5, 5.41) is 5.93. The molecule has 0 radical (unpaired) electrons. The average molecular weight is 399 g/mol. The van der Waals surface area contributed by atoms with Crippen LogP contribution in [0.15, 0.2) is 24.3 Å². The highest BCUT2D eigenvalue weighted by atomic mass is 32.2. The Morgan fingerprint density at radius 2 is 1.85 bits per heavy atom. The molecule has 1 aromatic rings. The first-order valence-corrected chi connectivity index (χ1v) is 11.2. The first kappa shape index (κ1) is 21.8. The lowest BCUT2D eigenvalue weighted by Crippen LogP contribution is -2.57. The third kappa shape index (κ3) is 6.00. The Hall–Kier alpha value is -1.48. The van der Waals surface area contributed by atoms with E-state index < -0.39 is 20.5 Å². The second kappa shape index (κ2) is 10.2. The fourth-order valence-electron chi connectivity index (χ4n) is 3.22. The molecule has 0 spiro atoms. The fraction of sp³-hybridized carbons (Fsp3) is 0.632. The van der Waals surface area contributed by atoms with Crippen LogP contribution in [0.5, 0.6) is 0 Å². The van der Waals surface area contributed by atoms with E-state index >= 15 is 0 Å². The number of carbonyl (C=O) groups is 1. The summed E-state index contributed by atoms with van der Waals surface area (Å²) in [4.78, 5) is 12.7. The summed E-state index contributed by atoms with van der Waals surface area (Å²) in [5.41, 5.74) is 1.91. The van der Waals surface area contributed by atoms with Crippen LogP contribution >= 0.6 is 0 Å².